The summed E-state index contributed by atoms with van der Waals surface area (Å²) < 4.78 is 7.19. The van der Waals surface area contributed by atoms with E-state index in [1.165, 1.54) is 0 Å². The number of nitrogens with two attached hydrogens (primary N) is 1. The number of benzene rings is 1. The molecule has 2 N–H and O–H groups in total. The van der Waals surface area contributed by atoms with Crippen LogP contribution in [0.4, 0.5) is 5.82 Å². The van der Waals surface area contributed by atoms with Gasteiger partial charge in [-0.3, -0.25) is 0 Å². The Kier molecular flexibility index (Phi) is 3.11. The predicted molar refractivity (Wildman–Crippen MR) is 73.0 cm³/mol. The smallest absolute Gasteiger partial charge is 0.247 e. The lowest BCUT2D eigenvalue weighted by Gasteiger charge is -1.98. The van der Waals surface area contributed by atoms with E-state index in [0.29, 0.717) is 29.2 Å². The maximum Gasteiger partial charge on any atom is 0.247 e. The van der Waals surface area contributed by atoms with Crippen LogP contribution < -0.4 is 5.73 Å². The van der Waals surface area contributed by atoms with Crippen molar-refractivity contribution in [1.29, 1.82) is 0 Å². The molecule has 2 heterocycles. The Balaban J connectivity index is 1.83. The van der Waals surface area contributed by atoms with Crippen LogP contribution in [0.15, 0.2) is 28.7 Å². The molecule has 3 rings (SSSR count). The number of aromatic nitrogens is 5. The van der Waals surface area contributed by atoms with Crippen LogP contribution in [0.25, 0.3) is 11.5 Å². The molecule has 1 aromatic carbocycles. The van der Waals surface area contributed by atoms with Crippen LogP contribution in [0, 0.1) is 6.92 Å². The molecular weight excluding hydrogens is 280 g/mol. The number of rotatable bonds is 3. The molecule has 2 aromatic heterocycles. The third-order valence-electron chi connectivity index (χ3n) is 2.86. The Bertz CT molecular complexity index is 733. The van der Waals surface area contributed by atoms with E-state index in [1.54, 1.807) is 16.8 Å². The van der Waals surface area contributed by atoms with Crippen LogP contribution in [0.5, 0.6) is 0 Å². The highest BCUT2D eigenvalue weighted by Gasteiger charge is 2.12. The molecule has 0 aliphatic carbocycles. The van der Waals surface area contributed by atoms with Gasteiger partial charge in [-0.05, 0) is 31.2 Å². The summed E-state index contributed by atoms with van der Waals surface area (Å²) in [6.45, 7) is 2.16. The van der Waals surface area contributed by atoms with Gasteiger partial charge < -0.3 is 10.2 Å². The molecule has 20 heavy (non-hydrogen) atoms. The van der Waals surface area contributed by atoms with E-state index in [4.69, 9.17) is 21.8 Å². The molecule has 0 atom stereocenters. The van der Waals surface area contributed by atoms with Crippen LogP contribution in [-0.2, 0) is 6.54 Å². The van der Waals surface area contributed by atoms with Crippen LogP contribution in [0.1, 0.15) is 11.6 Å². The maximum absolute atomic E-state index is 5.83. The second-order valence-electron chi connectivity index (χ2n) is 4.23. The Morgan fingerprint density at radius 3 is 2.60 bits per heavy atom. The van der Waals surface area contributed by atoms with Gasteiger partial charge in [-0.1, -0.05) is 16.8 Å². The summed E-state index contributed by atoms with van der Waals surface area (Å²) in [5, 5.41) is 16.3. The fourth-order valence-corrected chi connectivity index (χ4v) is 1.80. The zero-order valence-electron chi connectivity index (χ0n) is 10.6. The van der Waals surface area contributed by atoms with Crippen molar-refractivity contribution in [1.82, 2.24) is 25.2 Å². The molecular formula is C12H11ClN6O. The minimum Gasteiger partial charge on any atom is -0.419 e. The first-order valence-corrected chi connectivity index (χ1v) is 6.25. The molecule has 0 radical (unpaired) electrons. The molecule has 0 aliphatic heterocycles. The second-order valence-corrected chi connectivity index (χ2v) is 4.66. The molecule has 0 bridgehead atoms. The van der Waals surface area contributed by atoms with E-state index in [1.807, 2.05) is 19.1 Å². The fraction of sp³-hybridized carbons (Fsp3) is 0.167. The van der Waals surface area contributed by atoms with Gasteiger partial charge in [0.1, 0.15) is 6.54 Å². The topological polar surface area (TPSA) is 95.7 Å². The minimum atomic E-state index is 0.330. The van der Waals surface area contributed by atoms with Crippen molar-refractivity contribution >= 4 is 17.4 Å². The van der Waals surface area contributed by atoms with Crippen molar-refractivity contribution in [3.8, 4) is 11.5 Å². The molecule has 0 saturated heterocycles. The SMILES string of the molecule is Cc1c(N)nnn1Cc1nnc(-c2ccc(Cl)cc2)o1. The molecule has 0 fully saturated rings. The number of nitrogen functional groups attached to an aromatic ring is 1. The summed E-state index contributed by atoms with van der Waals surface area (Å²) in [6, 6.07) is 7.17. The lowest BCUT2D eigenvalue weighted by atomic mass is 10.2. The second kappa shape index (κ2) is 4.93. The van der Waals surface area contributed by atoms with Crippen LogP contribution >= 0.6 is 11.6 Å². The van der Waals surface area contributed by atoms with Crippen LogP contribution in [-0.4, -0.2) is 25.2 Å². The van der Waals surface area contributed by atoms with Crippen molar-refractivity contribution < 1.29 is 4.42 Å². The van der Waals surface area contributed by atoms with Gasteiger partial charge in [-0.25, -0.2) is 4.68 Å². The van der Waals surface area contributed by atoms with Crippen molar-refractivity contribution in [2.75, 3.05) is 5.73 Å². The summed E-state index contributed by atoms with van der Waals surface area (Å²) in [5.41, 5.74) is 7.20. The van der Waals surface area contributed by atoms with Gasteiger partial charge in [-0.2, -0.15) is 0 Å². The third-order valence-corrected chi connectivity index (χ3v) is 3.11. The summed E-state index contributed by atoms with van der Waals surface area (Å²) in [5.74, 6) is 1.26. The molecule has 0 amide bonds. The fourth-order valence-electron chi connectivity index (χ4n) is 1.68. The molecule has 102 valence electrons. The zero-order chi connectivity index (χ0) is 14.1. The van der Waals surface area contributed by atoms with E-state index in [0.717, 1.165) is 11.3 Å². The van der Waals surface area contributed by atoms with Crippen LogP contribution in [0.3, 0.4) is 0 Å². The quantitative estimate of drug-likeness (QED) is 0.791. The average molecular weight is 291 g/mol. The largest absolute Gasteiger partial charge is 0.419 e. The maximum atomic E-state index is 5.83. The highest BCUT2D eigenvalue weighted by Crippen LogP contribution is 2.20. The lowest BCUT2D eigenvalue weighted by Crippen LogP contribution is -2.04. The molecule has 3 aromatic rings. The first-order valence-electron chi connectivity index (χ1n) is 5.87. The molecule has 0 aliphatic rings. The highest BCUT2D eigenvalue weighted by atomic mass is 35.5. The van der Waals surface area contributed by atoms with Crippen LogP contribution in [0.2, 0.25) is 5.02 Å². The van der Waals surface area contributed by atoms with E-state index in [-0.39, 0.29) is 0 Å². The van der Waals surface area contributed by atoms with E-state index in [2.05, 4.69) is 20.5 Å². The van der Waals surface area contributed by atoms with Crippen molar-refractivity contribution in [3.63, 3.8) is 0 Å². The Hall–Kier alpha value is -2.41. The van der Waals surface area contributed by atoms with E-state index in [9.17, 15) is 0 Å². The van der Waals surface area contributed by atoms with Crippen molar-refractivity contribution in [2.24, 2.45) is 0 Å². The van der Waals surface area contributed by atoms with Gasteiger partial charge in [-0.15, -0.1) is 15.3 Å². The summed E-state index contributed by atoms with van der Waals surface area (Å²) >= 11 is 5.83. The predicted octanol–water partition coefficient (Wildman–Crippen LogP) is 1.92. The summed E-state index contributed by atoms with van der Waals surface area (Å²) in [7, 11) is 0. The molecule has 0 unspecified atom stereocenters. The van der Waals surface area contributed by atoms with Gasteiger partial charge in [0.25, 0.3) is 0 Å². The number of hydrogen-bond donors (Lipinski definition) is 1. The van der Waals surface area contributed by atoms with E-state index < -0.39 is 0 Å². The monoisotopic (exact) mass is 290 g/mol. The van der Waals surface area contributed by atoms with Gasteiger partial charge in [0, 0.05) is 10.6 Å². The molecule has 7 nitrogen and oxygen atoms in total. The molecule has 0 saturated carbocycles. The zero-order valence-corrected chi connectivity index (χ0v) is 11.4. The first kappa shape index (κ1) is 12.6. The number of anilines is 1. The Labute approximate surface area is 119 Å². The number of nitrogens with zero attached hydrogens (tertiary/aromatic N) is 5. The Morgan fingerprint density at radius 1 is 1.20 bits per heavy atom. The van der Waals surface area contributed by atoms with Gasteiger partial charge in [0.2, 0.25) is 11.8 Å². The number of halogens is 1. The van der Waals surface area contributed by atoms with Gasteiger partial charge in [0.05, 0.1) is 5.69 Å². The standard InChI is InChI=1S/C12H11ClN6O/c1-7-11(14)16-18-19(7)6-10-15-17-12(20-10)8-2-4-9(13)5-3-8/h2-5H,6,14H2,1H3. The minimum absolute atomic E-state index is 0.330. The third kappa shape index (κ3) is 2.35. The first-order chi connectivity index (χ1) is 9.63. The summed E-state index contributed by atoms with van der Waals surface area (Å²) in [6.07, 6.45) is 0. The van der Waals surface area contributed by atoms with Gasteiger partial charge >= 0.3 is 0 Å². The Morgan fingerprint density at radius 2 is 1.95 bits per heavy atom. The highest BCUT2D eigenvalue weighted by molar-refractivity contribution is 6.30. The average Bonchev–Trinajstić information content (AvgIpc) is 3.02. The number of hydrogen-bond acceptors (Lipinski definition) is 6. The van der Waals surface area contributed by atoms with Crippen molar-refractivity contribution in [2.45, 2.75) is 13.5 Å². The molecule has 8 heteroatoms. The molecule has 0 spiro atoms. The van der Waals surface area contributed by atoms with Gasteiger partial charge in [0.15, 0.2) is 5.82 Å². The normalized spacial score (nSPS) is 10.9. The lowest BCUT2D eigenvalue weighted by molar-refractivity contribution is 0.465. The summed E-state index contributed by atoms with van der Waals surface area (Å²) in [4.78, 5) is 0. The van der Waals surface area contributed by atoms with E-state index >= 15 is 0 Å². The van der Waals surface area contributed by atoms with Crippen molar-refractivity contribution in [3.05, 3.63) is 40.9 Å².